The topological polar surface area (TPSA) is 48.1 Å². The molecule has 1 aromatic heterocycles. The molecule has 0 radical (unpaired) electrons. The molecule has 1 rings (SSSR count). The van der Waals surface area contributed by atoms with Gasteiger partial charge in [-0.05, 0) is 13.3 Å². The number of nitrogens with zero attached hydrogens (tertiary/aromatic N) is 1. The van der Waals surface area contributed by atoms with Crippen LogP contribution in [0, 0.1) is 0 Å². The van der Waals surface area contributed by atoms with Gasteiger partial charge in [-0.25, -0.2) is 4.98 Å². The van der Waals surface area contributed by atoms with Gasteiger partial charge in [-0.3, -0.25) is 0 Å². The van der Waals surface area contributed by atoms with E-state index < -0.39 is 0 Å². The van der Waals surface area contributed by atoms with Crippen molar-refractivity contribution in [3.8, 4) is 0 Å². The Hall–Kier alpha value is -0.450. The third-order valence-corrected chi connectivity index (χ3v) is 3.24. The van der Waals surface area contributed by atoms with Gasteiger partial charge < -0.3 is 10.5 Å². The van der Waals surface area contributed by atoms with Crippen LogP contribution in [-0.4, -0.2) is 12.1 Å². The van der Waals surface area contributed by atoms with E-state index in [-0.39, 0.29) is 12.1 Å². The molecular formula is C10H18N2OS. The van der Waals surface area contributed by atoms with Crippen LogP contribution in [0.25, 0.3) is 0 Å². The second-order valence-electron chi connectivity index (χ2n) is 3.38. The van der Waals surface area contributed by atoms with Gasteiger partial charge in [0.25, 0.3) is 0 Å². The summed E-state index contributed by atoms with van der Waals surface area (Å²) in [6.45, 7) is 4.12. The lowest BCUT2D eigenvalue weighted by molar-refractivity contribution is 0.119. The van der Waals surface area contributed by atoms with Crippen LogP contribution in [0.15, 0.2) is 5.38 Å². The fourth-order valence-electron chi connectivity index (χ4n) is 1.22. The number of ether oxygens (including phenoxy) is 1. The number of hydrogen-bond acceptors (Lipinski definition) is 4. The van der Waals surface area contributed by atoms with Gasteiger partial charge in [0.15, 0.2) is 0 Å². The number of methoxy groups -OCH3 is 1. The molecule has 0 aromatic carbocycles. The van der Waals surface area contributed by atoms with Crippen LogP contribution in [0.5, 0.6) is 0 Å². The molecule has 0 amide bonds. The third-order valence-electron chi connectivity index (χ3n) is 2.22. The van der Waals surface area contributed by atoms with Crippen LogP contribution in [0.3, 0.4) is 0 Å². The zero-order chi connectivity index (χ0) is 10.6. The first kappa shape index (κ1) is 11.6. The minimum Gasteiger partial charge on any atom is -0.375 e. The summed E-state index contributed by atoms with van der Waals surface area (Å²) in [5, 5.41) is 3.04. The van der Waals surface area contributed by atoms with Crippen molar-refractivity contribution in [2.75, 3.05) is 7.11 Å². The third kappa shape index (κ3) is 2.77. The summed E-state index contributed by atoms with van der Waals surface area (Å²) in [5.74, 6) is 0. The van der Waals surface area contributed by atoms with Crippen LogP contribution in [-0.2, 0) is 4.74 Å². The van der Waals surface area contributed by atoms with Crippen molar-refractivity contribution in [3.05, 3.63) is 16.1 Å². The first-order valence-corrected chi connectivity index (χ1v) is 5.80. The fourth-order valence-corrected chi connectivity index (χ4v) is 2.13. The van der Waals surface area contributed by atoms with Gasteiger partial charge in [0.2, 0.25) is 0 Å². The molecule has 1 aromatic rings. The molecule has 2 atom stereocenters. The first-order valence-electron chi connectivity index (χ1n) is 4.92. The lowest BCUT2D eigenvalue weighted by Crippen LogP contribution is -2.10. The number of thiazole rings is 1. The normalized spacial score (nSPS) is 15.4. The molecule has 4 heteroatoms. The molecule has 80 valence electrons. The standard InChI is InChI=1S/C10H18N2OS/c1-4-5-8(11)9-6-14-10(12-9)7(2)13-3/h6-8H,4-5,11H2,1-3H3. The van der Waals surface area contributed by atoms with E-state index in [9.17, 15) is 0 Å². The predicted octanol–water partition coefficient (Wildman–Crippen LogP) is 2.65. The maximum Gasteiger partial charge on any atom is 0.122 e. The van der Waals surface area contributed by atoms with Crippen LogP contribution in [0.2, 0.25) is 0 Å². The smallest absolute Gasteiger partial charge is 0.122 e. The molecule has 0 spiro atoms. The molecular weight excluding hydrogens is 196 g/mol. The van der Waals surface area contributed by atoms with Crippen LogP contribution in [0.1, 0.15) is 49.5 Å². The maximum absolute atomic E-state index is 5.96. The highest BCUT2D eigenvalue weighted by atomic mass is 32.1. The Bertz CT molecular complexity index is 275. The van der Waals surface area contributed by atoms with E-state index in [0.717, 1.165) is 23.5 Å². The summed E-state index contributed by atoms with van der Waals surface area (Å²) in [4.78, 5) is 4.47. The second-order valence-corrected chi connectivity index (χ2v) is 4.27. The van der Waals surface area contributed by atoms with Crippen molar-refractivity contribution in [1.29, 1.82) is 0 Å². The van der Waals surface area contributed by atoms with Gasteiger partial charge in [-0.1, -0.05) is 13.3 Å². The molecule has 1 heterocycles. The first-order chi connectivity index (χ1) is 6.69. The molecule has 2 N–H and O–H groups in total. The molecule has 0 bridgehead atoms. The molecule has 14 heavy (non-hydrogen) atoms. The second kappa shape index (κ2) is 5.44. The minimum atomic E-state index is 0.0718. The molecule has 0 aliphatic heterocycles. The average molecular weight is 214 g/mol. The van der Waals surface area contributed by atoms with Crippen molar-refractivity contribution in [1.82, 2.24) is 4.98 Å². The minimum absolute atomic E-state index is 0.0718. The summed E-state index contributed by atoms with van der Waals surface area (Å²) < 4.78 is 5.20. The zero-order valence-corrected chi connectivity index (χ0v) is 9.80. The molecule has 0 saturated carbocycles. The van der Waals surface area contributed by atoms with Gasteiger partial charge in [0.1, 0.15) is 11.1 Å². The Morgan fingerprint density at radius 2 is 2.36 bits per heavy atom. The van der Waals surface area contributed by atoms with Crippen molar-refractivity contribution in [3.63, 3.8) is 0 Å². The monoisotopic (exact) mass is 214 g/mol. The molecule has 0 aliphatic rings. The van der Waals surface area contributed by atoms with Gasteiger partial charge >= 0.3 is 0 Å². The number of rotatable bonds is 5. The fraction of sp³-hybridized carbons (Fsp3) is 0.700. The number of nitrogens with two attached hydrogens (primary N) is 1. The van der Waals surface area contributed by atoms with Crippen molar-refractivity contribution >= 4 is 11.3 Å². The van der Waals surface area contributed by atoms with Gasteiger partial charge in [0, 0.05) is 18.5 Å². The highest BCUT2D eigenvalue weighted by Crippen LogP contribution is 2.24. The predicted molar refractivity (Wildman–Crippen MR) is 59.4 cm³/mol. The Morgan fingerprint density at radius 3 is 2.93 bits per heavy atom. The van der Waals surface area contributed by atoms with E-state index in [0.29, 0.717) is 0 Å². The average Bonchev–Trinajstić information content (AvgIpc) is 2.66. The Morgan fingerprint density at radius 1 is 1.64 bits per heavy atom. The highest BCUT2D eigenvalue weighted by molar-refractivity contribution is 7.09. The maximum atomic E-state index is 5.96. The van der Waals surface area contributed by atoms with E-state index in [2.05, 4.69) is 11.9 Å². The van der Waals surface area contributed by atoms with Crippen molar-refractivity contribution < 1.29 is 4.74 Å². The van der Waals surface area contributed by atoms with Crippen molar-refractivity contribution in [2.24, 2.45) is 5.73 Å². The molecule has 0 fully saturated rings. The summed E-state index contributed by atoms with van der Waals surface area (Å²) >= 11 is 1.62. The van der Waals surface area contributed by atoms with E-state index >= 15 is 0 Å². The summed E-state index contributed by atoms with van der Waals surface area (Å²) in [7, 11) is 1.69. The number of aromatic nitrogens is 1. The van der Waals surface area contributed by atoms with E-state index in [1.807, 2.05) is 12.3 Å². The molecule has 2 unspecified atom stereocenters. The lowest BCUT2D eigenvalue weighted by Gasteiger charge is -2.07. The molecule has 3 nitrogen and oxygen atoms in total. The van der Waals surface area contributed by atoms with Crippen molar-refractivity contribution in [2.45, 2.75) is 38.8 Å². The highest BCUT2D eigenvalue weighted by Gasteiger charge is 2.13. The number of hydrogen-bond donors (Lipinski definition) is 1. The quantitative estimate of drug-likeness (QED) is 0.819. The SMILES string of the molecule is CCCC(N)c1csc(C(C)OC)n1. The Balaban J connectivity index is 2.67. The van der Waals surface area contributed by atoms with Crippen LogP contribution < -0.4 is 5.73 Å². The summed E-state index contributed by atoms with van der Waals surface area (Å²) in [5.41, 5.74) is 6.96. The van der Waals surface area contributed by atoms with E-state index in [1.54, 1.807) is 18.4 Å². The van der Waals surface area contributed by atoms with E-state index in [4.69, 9.17) is 10.5 Å². The Labute approximate surface area is 89.3 Å². The zero-order valence-electron chi connectivity index (χ0n) is 8.99. The summed E-state index contributed by atoms with van der Waals surface area (Å²) in [6, 6.07) is 0.0778. The van der Waals surface area contributed by atoms with Gasteiger partial charge in [-0.2, -0.15) is 0 Å². The van der Waals surface area contributed by atoms with Gasteiger partial charge in [0.05, 0.1) is 5.69 Å². The molecule has 0 saturated heterocycles. The lowest BCUT2D eigenvalue weighted by atomic mass is 10.1. The van der Waals surface area contributed by atoms with E-state index in [1.165, 1.54) is 0 Å². The Kier molecular flexibility index (Phi) is 4.51. The van der Waals surface area contributed by atoms with Crippen LogP contribution >= 0.6 is 11.3 Å². The van der Waals surface area contributed by atoms with Gasteiger partial charge in [-0.15, -0.1) is 11.3 Å². The molecule has 0 aliphatic carbocycles. The van der Waals surface area contributed by atoms with Crippen LogP contribution in [0.4, 0.5) is 0 Å². The largest absolute Gasteiger partial charge is 0.375 e. The summed E-state index contributed by atoms with van der Waals surface area (Å²) in [6.07, 6.45) is 2.15.